The molecule has 16 heteroatoms. The van der Waals surface area contributed by atoms with E-state index in [1.54, 1.807) is 0 Å². The van der Waals surface area contributed by atoms with Gasteiger partial charge in [-0.2, -0.15) is 0 Å². The summed E-state index contributed by atoms with van der Waals surface area (Å²) >= 11 is 0. The second kappa shape index (κ2) is 12.9. The number of aliphatic hydroxyl groups excluding tert-OH is 11. The van der Waals surface area contributed by atoms with Crippen molar-refractivity contribution >= 4 is 6.29 Å². The monoisotopic (exact) mass is 504 g/mol. The van der Waals surface area contributed by atoms with E-state index in [4.69, 9.17) is 24.1 Å². The Balaban J connectivity index is 2.10. The predicted molar refractivity (Wildman–Crippen MR) is 102 cm³/mol. The van der Waals surface area contributed by atoms with Gasteiger partial charge >= 0.3 is 0 Å². The zero-order valence-electron chi connectivity index (χ0n) is 17.7. The molecule has 0 radical (unpaired) electrons. The van der Waals surface area contributed by atoms with E-state index in [0.717, 1.165) is 0 Å². The van der Waals surface area contributed by atoms with E-state index < -0.39 is 106 Å². The normalized spacial score (nSPS) is 42.6. The van der Waals surface area contributed by atoms with Gasteiger partial charge in [0.15, 0.2) is 18.9 Å². The lowest BCUT2D eigenvalue weighted by molar-refractivity contribution is -0.343. The largest absolute Gasteiger partial charge is 0.394 e. The summed E-state index contributed by atoms with van der Waals surface area (Å²) in [6.07, 6.45) is -25.1. The highest BCUT2D eigenvalue weighted by Crippen LogP contribution is 2.27. The first-order chi connectivity index (χ1) is 16.0. The van der Waals surface area contributed by atoms with Crippen LogP contribution in [0.4, 0.5) is 0 Å². The summed E-state index contributed by atoms with van der Waals surface area (Å²) in [5.74, 6) is 0. The number of rotatable bonds is 11. The van der Waals surface area contributed by atoms with Gasteiger partial charge in [-0.1, -0.05) is 0 Å². The van der Waals surface area contributed by atoms with Crippen molar-refractivity contribution in [3.63, 3.8) is 0 Å². The lowest BCUT2D eigenvalue weighted by Crippen LogP contribution is -2.63. The number of aldehydes is 1. The molecule has 2 saturated heterocycles. The van der Waals surface area contributed by atoms with Crippen LogP contribution in [-0.2, 0) is 23.7 Å². The summed E-state index contributed by atoms with van der Waals surface area (Å²) in [5.41, 5.74) is 0. The van der Waals surface area contributed by atoms with E-state index in [0.29, 0.717) is 0 Å². The first kappa shape index (κ1) is 29.3. The Labute approximate surface area is 192 Å². The molecule has 0 aromatic heterocycles. The van der Waals surface area contributed by atoms with E-state index in [1.807, 2.05) is 0 Å². The molecule has 11 N–H and O–H groups in total. The van der Waals surface area contributed by atoms with Crippen molar-refractivity contribution in [3.05, 3.63) is 0 Å². The molecule has 200 valence electrons. The lowest BCUT2D eigenvalue weighted by Gasteiger charge is -2.43. The van der Waals surface area contributed by atoms with Gasteiger partial charge in [-0.05, 0) is 0 Å². The van der Waals surface area contributed by atoms with Gasteiger partial charge in [0.2, 0.25) is 0 Å². The van der Waals surface area contributed by atoms with Crippen LogP contribution in [0.25, 0.3) is 0 Å². The molecule has 2 fully saturated rings. The van der Waals surface area contributed by atoms with Crippen LogP contribution in [0.3, 0.4) is 0 Å². The second-order valence-electron chi connectivity index (χ2n) is 8.01. The Bertz CT molecular complexity index is 623. The Morgan fingerprint density at radius 2 is 1.29 bits per heavy atom. The Morgan fingerprint density at radius 1 is 0.765 bits per heavy atom. The van der Waals surface area contributed by atoms with Gasteiger partial charge in [0.1, 0.15) is 73.2 Å². The zero-order valence-corrected chi connectivity index (χ0v) is 17.7. The number of ether oxygens (including phenoxy) is 4. The van der Waals surface area contributed by atoms with Crippen molar-refractivity contribution in [2.45, 2.75) is 85.8 Å². The topological polar surface area (TPSA) is 277 Å². The van der Waals surface area contributed by atoms with Crippen LogP contribution in [0.2, 0.25) is 0 Å². The van der Waals surface area contributed by atoms with Crippen molar-refractivity contribution in [2.24, 2.45) is 0 Å². The van der Waals surface area contributed by atoms with E-state index in [-0.39, 0.29) is 6.29 Å². The van der Waals surface area contributed by atoms with Crippen LogP contribution >= 0.6 is 0 Å². The maximum absolute atomic E-state index is 10.8. The van der Waals surface area contributed by atoms with Gasteiger partial charge in [0.05, 0.1) is 19.8 Å². The number of aliphatic hydroxyl groups is 11. The van der Waals surface area contributed by atoms with Crippen LogP contribution < -0.4 is 0 Å². The summed E-state index contributed by atoms with van der Waals surface area (Å²) in [6, 6.07) is 0. The lowest BCUT2D eigenvalue weighted by atomic mass is 9.98. The molecule has 0 aromatic carbocycles. The molecule has 14 atom stereocenters. The van der Waals surface area contributed by atoms with Crippen LogP contribution in [0.1, 0.15) is 0 Å². The summed E-state index contributed by atoms with van der Waals surface area (Å²) in [7, 11) is 0. The molecule has 0 spiro atoms. The molecule has 0 unspecified atom stereocenters. The highest BCUT2D eigenvalue weighted by molar-refractivity contribution is 5.56. The van der Waals surface area contributed by atoms with Gasteiger partial charge < -0.3 is 79.9 Å². The van der Waals surface area contributed by atoms with Gasteiger partial charge in [0, 0.05) is 0 Å². The minimum atomic E-state index is -2.08. The maximum Gasteiger partial charge on any atom is 0.187 e. The molecule has 16 nitrogen and oxygen atoms in total. The third kappa shape index (κ3) is 6.44. The van der Waals surface area contributed by atoms with Gasteiger partial charge in [-0.25, -0.2) is 0 Å². The predicted octanol–water partition coefficient (Wildman–Crippen LogP) is -7.73. The summed E-state index contributed by atoms with van der Waals surface area (Å²) in [5, 5.41) is 108. The fourth-order valence-electron chi connectivity index (χ4n) is 3.49. The van der Waals surface area contributed by atoms with Crippen LogP contribution in [0, 0.1) is 0 Å². The fraction of sp³-hybridized carbons (Fsp3) is 0.944. The number of hydrogen-bond donors (Lipinski definition) is 11. The number of carbonyl (C=O) groups is 1. The molecule has 34 heavy (non-hydrogen) atoms. The molecule has 2 heterocycles. The van der Waals surface area contributed by atoms with Crippen molar-refractivity contribution < 1.29 is 79.9 Å². The van der Waals surface area contributed by atoms with Crippen molar-refractivity contribution in [2.75, 3.05) is 19.8 Å². The molecule has 0 aliphatic carbocycles. The molecule has 0 aromatic rings. The Morgan fingerprint density at radius 3 is 1.82 bits per heavy atom. The first-order valence-corrected chi connectivity index (χ1v) is 10.4. The second-order valence-corrected chi connectivity index (χ2v) is 8.01. The van der Waals surface area contributed by atoms with Crippen LogP contribution in [0.5, 0.6) is 0 Å². The van der Waals surface area contributed by atoms with Crippen LogP contribution in [0.15, 0.2) is 0 Å². The number of hydrogen-bond acceptors (Lipinski definition) is 16. The fourth-order valence-corrected chi connectivity index (χ4v) is 3.49. The summed E-state index contributed by atoms with van der Waals surface area (Å²) in [4.78, 5) is 10.8. The minimum Gasteiger partial charge on any atom is -0.394 e. The summed E-state index contributed by atoms with van der Waals surface area (Å²) < 4.78 is 20.9. The number of carbonyl (C=O) groups excluding carboxylic acids is 1. The van der Waals surface area contributed by atoms with Gasteiger partial charge in [0.25, 0.3) is 0 Å². The Hall–Kier alpha value is -0.930. The SMILES string of the molecule is O=C[C@@H](O)[C@H](O)[C@H](O[C@@H]1O[C@@H](CO[C@H]2O[C@@H](CO)[C@@H](O)[C@@H](O)[C@@H]2O)[C@@H](O)[C@@H](O)[C@@H]1O)[C@@H](O)CO. The molecular formula is C18H32O16. The van der Waals surface area contributed by atoms with Crippen molar-refractivity contribution in [3.8, 4) is 0 Å². The van der Waals surface area contributed by atoms with E-state index >= 15 is 0 Å². The highest BCUT2D eigenvalue weighted by atomic mass is 16.7. The van der Waals surface area contributed by atoms with E-state index in [9.17, 15) is 55.9 Å². The molecule has 0 saturated carbocycles. The molecule has 0 bridgehead atoms. The summed E-state index contributed by atoms with van der Waals surface area (Å²) in [6.45, 7) is -2.39. The van der Waals surface area contributed by atoms with Crippen molar-refractivity contribution in [1.82, 2.24) is 0 Å². The Kier molecular flexibility index (Phi) is 11.1. The maximum atomic E-state index is 10.8. The van der Waals surface area contributed by atoms with Crippen LogP contribution in [-0.4, -0.2) is 168 Å². The van der Waals surface area contributed by atoms with E-state index in [2.05, 4.69) is 0 Å². The third-order valence-electron chi connectivity index (χ3n) is 5.63. The minimum absolute atomic E-state index is 0.0704. The first-order valence-electron chi connectivity index (χ1n) is 10.4. The average Bonchev–Trinajstić information content (AvgIpc) is 2.84. The quantitative estimate of drug-likeness (QED) is 0.117. The third-order valence-corrected chi connectivity index (χ3v) is 5.63. The molecule has 0 amide bonds. The standard InChI is InChI=1S/C18H32O16/c19-1-5(22)9(24)16(6(23)2-20)34-18-15(30)13(28)11(26)8(33-18)4-31-17-14(29)12(27)10(25)7(3-21)32-17/h1,5-18,20-30H,2-4H2/t5-,6+,7+,8+,9+,10-,11-,12-,13-,14+,15+,16-,17+,18+/m1/s1. The molecule has 2 aliphatic heterocycles. The highest BCUT2D eigenvalue weighted by Gasteiger charge is 2.49. The molecular weight excluding hydrogens is 472 g/mol. The zero-order chi connectivity index (χ0) is 25.7. The average molecular weight is 504 g/mol. The van der Waals surface area contributed by atoms with Gasteiger partial charge in [-0.15, -0.1) is 0 Å². The smallest absolute Gasteiger partial charge is 0.187 e. The molecule has 2 aliphatic rings. The van der Waals surface area contributed by atoms with Gasteiger partial charge in [-0.3, -0.25) is 0 Å². The van der Waals surface area contributed by atoms with Crippen molar-refractivity contribution in [1.29, 1.82) is 0 Å². The molecule has 2 rings (SSSR count). The van der Waals surface area contributed by atoms with E-state index in [1.165, 1.54) is 0 Å².